The second kappa shape index (κ2) is 5.62. The molecule has 1 aliphatic heterocycles. The maximum Gasteiger partial charge on any atom is 0.268 e. The Kier molecular flexibility index (Phi) is 3.58. The number of nitrogens with one attached hydrogen (secondary N) is 3. The van der Waals surface area contributed by atoms with Crippen LogP contribution in [0, 0.1) is 17.7 Å². The Bertz CT molecular complexity index is 745. The van der Waals surface area contributed by atoms with E-state index < -0.39 is 6.10 Å². The largest absolute Gasteiger partial charge is 0.391 e. The lowest BCUT2D eigenvalue weighted by molar-refractivity contribution is 0.0460. The van der Waals surface area contributed by atoms with E-state index in [1.807, 2.05) is 0 Å². The molecule has 0 unspecified atom stereocenters. The van der Waals surface area contributed by atoms with Crippen molar-refractivity contribution in [3.8, 4) is 0 Å². The number of benzene rings is 1. The van der Waals surface area contributed by atoms with E-state index in [2.05, 4.69) is 15.6 Å². The lowest BCUT2D eigenvalue weighted by Gasteiger charge is -2.35. The number of fused-ring (bicyclic) bond motifs is 2. The van der Waals surface area contributed by atoms with Crippen molar-refractivity contribution < 1.29 is 14.3 Å². The van der Waals surface area contributed by atoms with Crippen LogP contribution in [-0.4, -0.2) is 41.2 Å². The number of aromatic amines is 1. The SMILES string of the molecule is O=C(N[C@H]1C[C@H]2CNC[C@H]2C[C@@H]1O)c1cc2cc(F)ccc2[nH]1. The minimum Gasteiger partial charge on any atom is -0.391 e. The minimum atomic E-state index is -0.512. The summed E-state index contributed by atoms with van der Waals surface area (Å²) in [5, 5.41) is 17.2. The molecule has 5 nitrogen and oxygen atoms in total. The first-order chi connectivity index (χ1) is 11.1. The third-order valence-corrected chi connectivity index (χ3v) is 5.19. The molecule has 122 valence electrons. The predicted molar refractivity (Wildman–Crippen MR) is 84.6 cm³/mol. The van der Waals surface area contributed by atoms with Crippen LogP contribution in [0.1, 0.15) is 23.3 Å². The van der Waals surface area contributed by atoms with E-state index in [1.165, 1.54) is 12.1 Å². The summed E-state index contributed by atoms with van der Waals surface area (Å²) in [4.78, 5) is 15.4. The Labute approximate surface area is 133 Å². The molecule has 23 heavy (non-hydrogen) atoms. The molecule has 1 aromatic carbocycles. The van der Waals surface area contributed by atoms with Gasteiger partial charge in [0.25, 0.3) is 5.91 Å². The number of amides is 1. The van der Waals surface area contributed by atoms with Gasteiger partial charge < -0.3 is 20.7 Å². The second-order valence-electron chi connectivity index (χ2n) is 6.71. The Morgan fingerprint density at radius 1 is 1.22 bits per heavy atom. The number of halogens is 1. The molecule has 0 bridgehead atoms. The summed E-state index contributed by atoms with van der Waals surface area (Å²) in [6.45, 7) is 1.91. The van der Waals surface area contributed by atoms with Crippen molar-refractivity contribution in [2.24, 2.45) is 11.8 Å². The Morgan fingerprint density at radius 2 is 2.00 bits per heavy atom. The van der Waals surface area contributed by atoms with Gasteiger partial charge in [0.15, 0.2) is 0 Å². The number of aliphatic hydroxyl groups is 1. The second-order valence-corrected chi connectivity index (χ2v) is 6.71. The number of carbonyl (C=O) groups is 1. The molecule has 1 aliphatic carbocycles. The van der Waals surface area contributed by atoms with Crippen LogP contribution in [0.5, 0.6) is 0 Å². The van der Waals surface area contributed by atoms with Crippen LogP contribution in [0.3, 0.4) is 0 Å². The topological polar surface area (TPSA) is 77.2 Å². The number of hydrogen-bond acceptors (Lipinski definition) is 3. The van der Waals surface area contributed by atoms with Crippen LogP contribution < -0.4 is 10.6 Å². The molecule has 1 aromatic heterocycles. The molecule has 2 aromatic rings. The van der Waals surface area contributed by atoms with Gasteiger partial charge in [-0.05, 0) is 62.0 Å². The lowest BCUT2D eigenvalue weighted by atomic mass is 9.77. The highest BCUT2D eigenvalue weighted by molar-refractivity contribution is 5.98. The first-order valence-corrected chi connectivity index (χ1v) is 8.08. The summed E-state index contributed by atoms with van der Waals surface area (Å²) >= 11 is 0. The van der Waals surface area contributed by atoms with Gasteiger partial charge in [-0.15, -0.1) is 0 Å². The number of carbonyl (C=O) groups excluding carboxylic acids is 1. The van der Waals surface area contributed by atoms with Crippen LogP contribution in [-0.2, 0) is 0 Å². The van der Waals surface area contributed by atoms with E-state index in [4.69, 9.17) is 0 Å². The molecule has 6 heteroatoms. The maximum absolute atomic E-state index is 13.2. The zero-order valence-electron chi connectivity index (χ0n) is 12.7. The fourth-order valence-electron chi connectivity index (χ4n) is 3.92. The van der Waals surface area contributed by atoms with E-state index in [1.54, 1.807) is 12.1 Å². The summed E-state index contributed by atoms with van der Waals surface area (Å²) in [6, 6.07) is 5.78. The summed E-state index contributed by atoms with van der Waals surface area (Å²) in [6.07, 6.45) is 1.00. The highest BCUT2D eigenvalue weighted by Gasteiger charge is 2.39. The average Bonchev–Trinajstić information content (AvgIpc) is 3.13. The number of aromatic nitrogens is 1. The highest BCUT2D eigenvalue weighted by Crippen LogP contribution is 2.33. The minimum absolute atomic E-state index is 0.230. The van der Waals surface area contributed by atoms with Crippen molar-refractivity contribution >= 4 is 16.8 Å². The zero-order chi connectivity index (χ0) is 16.0. The summed E-state index contributed by atoms with van der Waals surface area (Å²) in [7, 11) is 0. The van der Waals surface area contributed by atoms with Crippen molar-refractivity contribution in [1.29, 1.82) is 0 Å². The van der Waals surface area contributed by atoms with Crippen LogP contribution in [0.4, 0.5) is 4.39 Å². The Balaban J connectivity index is 1.49. The van der Waals surface area contributed by atoms with Gasteiger partial charge in [0.05, 0.1) is 12.1 Å². The van der Waals surface area contributed by atoms with Crippen molar-refractivity contribution in [3.05, 3.63) is 35.8 Å². The molecule has 2 heterocycles. The van der Waals surface area contributed by atoms with E-state index in [-0.39, 0.29) is 17.8 Å². The first kappa shape index (κ1) is 14.7. The normalized spacial score (nSPS) is 30.3. The molecule has 2 fully saturated rings. The third-order valence-electron chi connectivity index (χ3n) is 5.19. The molecule has 1 saturated carbocycles. The zero-order valence-corrected chi connectivity index (χ0v) is 12.7. The smallest absolute Gasteiger partial charge is 0.268 e. The summed E-state index contributed by atoms with van der Waals surface area (Å²) in [5.74, 6) is 0.440. The van der Waals surface area contributed by atoms with Crippen molar-refractivity contribution in [1.82, 2.24) is 15.6 Å². The fraction of sp³-hybridized carbons (Fsp3) is 0.471. The van der Waals surface area contributed by atoms with Crippen molar-refractivity contribution in [2.75, 3.05) is 13.1 Å². The van der Waals surface area contributed by atoms with Gasteiger partial charge in [0, 0.05) is 10.9 Å². The lowest BCUT2D eigenvalue weighted by Crippen LogP contribution is -2.49. The third kappa shape index (κ3) is 2.72. The molecule has 1 amide bonds. The molecule has 2 aliphatic rings. The van der Waals surface area contributed by atoms with Gasteiger partial charge in [-0.25, -0.2) is 4.39 Å². The molecule has 4 rings (SSSR count). The molecular weight excluding hydrogens is 297 g/mol. The summed E-state index contributed by atoms with van der Waals surface area (Å²) < 4.78 is 13.2. The van der Waals surface area contributed by atoms with Crippen LogP contribution in [0.25, 0.3) is 10.9 Å². The number of aliphatic hydroxyl groups excluding tert-OH is 1. The van der Waals surface area contributed by atoms with E-state index >= 15 is 0 Å². The molecular formula is C17H20FN3O2. The van der Waals surface area contributed by atoms with Crippen molar-refractivity contribution in [3.63, 3.8) is 0 Å². The average molecular weight is 317 g/mol. The van der Waals surface area contributed by atoms with E-state index in [0.29, 0.717) is 22.9 Å². The highest BCUT2D eigenvalue weighted by atomic mass is 19.1. The van der Waals surface area contributed by atoms with Crippen LogP contribution in [0.2, 0.25) is 0 Å². The molecule has 0 radical (unpaired) electrons. The van der Waals surface area contributed by atoms with Crippen LogP contribution >= 0.6 is 0 Å². The fourth-order valence-corrected chi connectivity index (χ4v) is 3.92. The standard InChI is InChI=1S/C17H20FN3O2/c18-12-1-2-13-9(3-12)4-15(20-13)17(23)21-14-5-10-7-19-8-11(10)6-16(14)22/h1-4,10-11,14,16,19-20,22H,5-8H2,(H,21,23)/t10-,11+,14-,16-/m0/s1. The number of rotatable bonds is 2. The van der Waals surface area contributed by atoms with E-state index in [0.717, 1.165) is 31.4 Å². The van der Waals surface area contributed by atoms with Gasteiger partial charge in [-0.1, -0.05) is 0 Å². The van der Waals surface area contributed by atoms with Crippen LogP contribution in [0.15, 0.2) is 24.3 Å². The Morgan fingerprint density at radius 3 is 2.83 bits per heavy atom. The molecule has 1 saturated heterocycles. The number of H-pyrrole nitrogens is 1. The molecule has 4 N–H and O–H groups in total. The number of hydrogen-bond donors (Lipinski definition) is 4. The maximum atomic E-state index is 13.2. The van der Waals surface area contributed by atoms with Crippen molar-refractivity contribution in [2.45, 2.75) is 25.0 Å². The quantitative estimate of drug-likeness (QED) is 0.676. The van der Waals surface area contributed by atoms with Gasteiger partial charge in [0.2, 0.25) is 0 Å². The molecule has 4 atom stereocenters. The molecule has 0 spiro atoms. The Hall–Kier alpha value is -1.92. The van der Waals surface area contributed by atoms with Gasteiger partial charge in [-0.2, -0.15) is 0 Å². The first-order valence-electron chi connectivity index (χ1n) is 8.08. The van der Waals surface area contributed by atoms with E-state index in [9.17, 15) is 14.3 Å². The van der Waals surface area contributed by atoms with Gasteiger partial charge >= 0.3 is 0 Å². The monoisotopic (exact) mass is 317 g/mol. The summed E-state index contributed by atoms with van der Waals surface area (Å²) in [5.41, 5.74) is 1.12. The predicted octanol–water partition coefficient (Wildman–Crippen LogP) is 1.40. The van der Waals surface area contributed by atoms with Gasteiger partial charge in [0.1, 0.15) is 11.5 Å². The van der Waals surface area contributed by atoms with Gasteiger partial charge in [-0.3, -0.25) is 4.79 Å².